The summed E-state index contributed by atoms with van der Waals surface area (Å²) in [5.74, 6) is -0.597. The quantitative estimate of drug-likeness (QED) is 0.227. The molecule has 0 unspecified atom stereocenters. The molecule has 3 N–H and O–H groups in total. The van der Waals surface area contributed by atoms with Gasteiger partial charge in [0.05, 0.1) is 25.4 Å². The molecule has 202 valence electrons. The molecule has 0 radical (unpaired) electrons. The van der Waals surface area contributed by atoms with Gasteiger partial charge in [-0.25, -0.2) is 9.59 Å². The van der Waals surface area contributed by atoms with Crippen molar-refractivity contribution in [1.82, 2.24) is 16.0 Å². The average molecular weight is 510 g/mol. The maximum atomic E-state index is 12.0. The van der Waals surface area contributed by atoms with Crippen molar-refractivity contribution in [3.63, 3.8) is 0 Å². The molecule has 0 aromatic heterocycles. The van der Waals surface area contributed by atoms with E-state index in [2.05, 4.69) is 16.0 Å². The summed E-state index contributed by atoms with van der Waals surface area (Å²) in [5.41, 5.74) is -0.214. The van der Waals surface area contributed by atoms with Crippen molar-refractivity contribution in [2.24, 2.45) is 0 Å². The zero-order chi connectivity index (χ0) is 26.8. The molecule has 0 spiro atoms. The minimum Gasteiger partial charge on any atom is -0.484 e. The number of nitrogens with one attached hydrogen (secondary N) is 3. The third kappa shape index (κ3) is 15.5. The molecule has 1 aromatic carbocycles. The van der Waals surface area contributed by atoms with Crippen LogP contribution in [0.5, 0.6) is 5.75 Å². The Morgan fingerprint density at radius 2 is 1.61 bits per heavy atom. The molecule has 11 heteroatoms. The van der Waals surface area contributed by atoms with E-state index in [-0.39, 0.29) is 57.7 Å². The van der Waals surface area contributed by atoms with Crippen LogP contribution < -0.4 is 20.7 Å². The molecule has 0 aliphatic carbocycles. The van der Waals surface area contributed by atoms with E-state index in [0.717, 1.165) is 12.8 Å². The van der Waals surface area contributed by atoms with Crippen LogP contribution in [-0.4, -0.2) is 75.5 Å². The number of carbonyl (C=O) groups is 4. The average Bonchev–Trinajstić information content (AvgIpc) is 2.82. The molecule has 0 atom stereocenters. The zero-order valence-corrected chi connectivity index (χ0v) is 21.6. The van der Waals surface area contributed by atoms with Crippen LogP contribution in [0.1, 0.15) is 57.3 Å². The first-order chi connectivity index (χ1) is 17.1. The molecule has 0 aliphatic heterocycles. The van der Waals surface area contributed by atoms with Gasteiger partial charge >= 0.3 is 12.1 Å². The van der Waals surface area contributed by atoms with Crippen molar-refractivity contribution < 1.29 is 38.1 Å². The lowest BCUT2D eigenvalue weighted by atomic mass is 10.2. The monoisotopic (exact) mass is 509 g/mol. The minimum atomic E-state index is -0.576. The van der Waals surface area contributed by atoms with Crippen LogP contribution in [0, 0.1) is 0 Å². The number of esters is 1. The maximum absolute atomic E-state index is 12.0. The van der Waals surface area contributed by atoms with Gasteiger partial charge in [-0.05, 0) is 45.4 Å². The Morgan fingerprint density at radius 3 is 2.33 bits per heavy atom. The van der Waals surface area contributed by atoms with Gasteiger partial charge in [0.1, 0.15) is 11.4 Å². The van der Waals surface area contributed by atoms with Gasteiger partial charge in [0.2, 0.25) is 5.91 Å². The molecule has 0 bridgehead atoms. The molecule has 3 amide bonds. The number of carbonyl (C=O) groups excluding carboxylic acids is 4. The van der Waals surface area contributed by atoms with Crippen LogP contribution in [0.2, 0.25) is 0 Å². The first-order valence-electron chi connectivity index (χ1n) is 12.1. The number of hydrogen-bond acceptors (Lipinski definition) is 8. The van der Waals surface area contributed by atoms with Crippen molar-refractivity contribution in [1.29, 1.82) is 0 Å². The lowest BCUT2D eigenvalue weighted by Gasteiger charge is -2.19. The Kier molecular flexibility index (Phi) is 14.6. The van der Waals surface area contributed by atoms with E-state index in [0.29, 0.717) is 17.9 Å². The standard InChI is InChI=1S/C25H39N3O8/c1-5-6-14-34-23(31)19-8-7-9-20(17-19)35-18-22(30)27-13-16-33-15-10-21(29)26-11-12-28-24(32)36-25(2,3)4/h7-9,17H,5-6,10-16,18H2,1-4H3,(H,26,29)(H,27,30)(H,28,32). The van der Waals surface area contributed by atoms with Crippen molar-refractivity contribution >= 4 is 23.9 Å². The van der Waals surface area contributed by atoms with Gasteiger partial charge in [-0.3, -0.25) is 9.59 Å². The van der Waals surface area contributed by atoms with Crippen molar-refractivity contribution in [3.05, 3.63) is 29.8 Å². The van der Waals surface area contributed by atoms with Gasteiger partial charge in [0.15, 0.2) is 6.61 Å². The highest BCUT2D eigenvalue weighted by molar-refractivity contribution is 5.89. The summed E-state index contributed by atoms with van der Waals surface area (Å²) in [7, 11) is 0. The lowest BCUT2D eigenvalue weighted by molar-refractivity contribution is -0.124. The summed E-state index contributed by atoms with van der Waals surface area (Å²) >= 11 is 0. The van der Waals surface area contributed by atoms with Gasteiger partial charge in [-0.2, -0.15) is 0 Å². The molecule has 0 aliphatic rings. The van der Waals surface area contributed by atoms with Crippen LogP contribution in [0.25, 0.3) is 0 Å². The van der Waals surface area contributed by atoms with Crippen molar-refractivity contribution in [3.8, 4) is 5.75 Å². The van der Waals surface area contributed by atoms with E-state index in [1.54, 1.807) is 39.0 Å². The number of rotatable bonds is 16. The van der Waals surface area contributed by atoms with Gasteiger partial charge in [0.25, 0.3) is 5.91 Å². The maximum Gasteiger partial charge on any atom is 0.407 e. The van der Waals surface area contributed by atoms with Crippen LogP contribution in [0.3, 0.4) is 0 Å². The number of ether oxygens (including phenoxy) is 4. The number of unbranched alkanes of at least 4 members (excludes halogenated alkanes) is 1. The van der Waals surface area contributed by atoms with E-state index >= 15 is 0 Å². The lowest BCUT2D eigenvalue weighted by Crippen LogP contribution is -2.38. The van der Waals surface area contributed by atoms with Crippen LogP contribution in [-0.2, 0) is 23.8 Å². The second-order valence-electron chi connectivity index (χ2n) is 8.80. The zero-order valence-electron chi connectivity index (χ0n) is 21.6. The second-order valence-corrected chi connectivity index (χ2v) is 8.80. The Balaban J connectivity index is 2.09. The second kappa shape index (κ2) is 17.1. The molecule has 0 saturated carbocycles. The smallest absolute Gasteiger partial charge is 0.407 e. The summed E-state index contributed by atoms with van der Waals surface area (Å²) in [6, 6.07) is 6.46. The molecular weight excluding hydrogens is 470 g/mol. The predicted molar refractivity (Wildman–Crippen MR) is 133 cm³/mol. The Labute approximate surface area is 212 Å². The van der Waals surface area contributed by atoms with E-state index < -0.39 is 17.7 Å². The Hall–Kier alpha value is -3.34. The highest BCUT2D eigenvalue weighted by Crippen LogP contribution is 2.14. The summed E-state index contributed by atoms with van der Waals surface area (Å²) in [6.45, 7) is 8.68. The third-order valence-corrected chi connectivity index (χ3v) is 4.33. The largest absolute Gasteiger partial charge is 0.484 e. The summed E-state index contributed by atoms with van der Waals surface area (Å²) in [4.78, 5) is 47.2. The highest BCUT2D eigenvalue weighted by atomic mass is 16.6. The number of hydrogen-bond donors (Lipinski definition) is 3. The number of amides is 3. The van der Waals surface area contributed by atoms with Crippen LogP contribution in [0.4, 0.5) is 4.79 Å². The van der Waals surface area contributed by atoms with E-state index in [1.165, 1.54) is 6.07 Å². The van der Waals surface area contributed by atoms with Crippen molar-refractivity contribution in [2.75, 3.05) is 46.1 Å². The fourth-order valence-corrected chi connectivity index (χ4v) is 2.60. The molecule has 1 rings (SSSR count). The molecule has 1 aromatic rings. The Morgan fingerprint density at radius 1 is 0.889 bits per heavy atom. The van der Waals surface area contributed by atoms with Gasteiger partial charge in [0, 0.05) is 26.1 Å². The van der Waals surface area contributed by atoms with Crippen LogP contribution in [0.15, 0.2) is 24.3 Å². The molecular formula is C25H39N3O8. The Bertz CT molecular complexity index is 839. The fraction of sp³-hybridized carbons (Fsp3) is 0.600. The van der Waals surface area contributed by atoms with Gasteiger partial charge < -0.3 is 34.9 Å². The van der Waals surface area contributed by atoms with E-state index in [9.17, 15) is 19.2 Å². The van der Waals surface area contributed by atoms with E-state index in [4.69, 9.17) is 18.9 Å². The first kappa shape index (κ1) is 30.7. The van der Waals surface area contributed by atoms with Crippen molar-refractivity contribution in [2.45, 2.75) is 52.6 Å². The third-order valence-electron chi connectivity index (χ3n) is 4.33. The summed E-state index contributed by atoms with van der Waals surface area (Å²) < 4.78 is 21.0. The topological polar surface area (TPSA) is 141 Å². The first-order valence-corrected chi connectivity index (χ1v) is 12.1. The summed E-state index contributed by atoms with van der Waals surface area (Å²) in [5, 5.41) is 7.86. The molecule has 11 nitrogen and oxygen atoms in total. The fourth-order valence-electron chi connectivity index (χ4n) is 2.60. The summed E-state index contributed by atoms with van der Waals surface area (Å²) in [6.07, 6.45) is 1.35. The molecule has 0 heterocycles. The molecule has 36 heavy (non-hydrogen) atoms. The SMILES string of the molecule is CCCCOC(=O)c1cccc(OCC(=O)NCCOCCC(=O)NCCNC(=O)OC(C)(C)C)c1. The predicted octanol–water partition coefficient (Wildman–Crippen LogP) is 2.19. The number of benzene rings is 1. The molecule has 0 saturated heterocycles. The number of alkyl carbamates (subject to hydrolysis) is 1. The minimum absolute atomic E-state index is 0.153. The van der Waals surface area contributed by atoms with Crippen LogP contribution >= 0.6 is 0 Å². The van der Waals surface area contributed by atoms with E-state index in [1.807, 2.05) is 6.92 Å². The highest BCUT2D eigenvalue weighted by Gasteiger charge is 2.15. The normalized spacial score (nSPS) is 10.8. The van der Waals surface area contributed by atoms with Gasteiger partial charge in [-0.15, -0.1) is 0 Å². The molecule has 0 fully saturated rings. The van der Waals surface area contributed by atoms with Gasteiger partial charge in [-0.1, -0.05) is 19.4 Å².